The molecule has 6 rings (SSSR count). The molecule has 0 aromatic rings. The summed E-state index contributed by atoms with van der Waals surface area (Å²) in [5.41, 5.74) is 6.76. The Morgan fingerprint density at radius 3 is 1.57 bits per heavy atom. The van der Waals surface area contributed by atoms with Gasteiger partial charge in [-0.3, -0.25) is 0 Å². The highest BCUT2D eigenvalue weighted by Crippen LogP contribution is 2.42. The Morgan fingerprint density at radius 2 is 1.39 bits per heavy atom. The van der Waals surface area contributed by atoms with E-state index in [0.29, 0.717) is 0 Å². The zero-order chi connectivity index (χ0) is 15.6. The van der Waals surface area contributed by atoms with Crippen molar-refractivity contribution in [1.29, 1.82) is 0 Å². The summed E-state index contributed by atoms with van der Waals surface area (Å²) >= 11 is 0. The van der Waals surface area contributed by atoms with Crippen molar-refractivity contribution >= 4 is 0 Å². The SMILES string of the molecule is C/C=C1\C=C2CCC1C2.C1=C2CCC(C1)C2.C1=C2CCC(C1)C2. The molecule has 3 saturated carbocycles. The zero-order valence-electron chi connectivity index (χ0n) is 14.8. The molecule has 0 aromatic heterocycles. The lowest BCUT2D eigenvalue weighted by Gasteiger charge is -2.06. The minimum absolute atomic E-state index is 0.921. The van der Waals surface area contributed by atoms with E-state index in [1.54, 1.807) is 22.3 Å². The van der Waals surface area contributed by atoms with Crippen LogP contribution in [0.15, 0.2) is 46.6 Å². The third-order valence-corrected chi connectivity index (χ3v) is 6.83. The Balaban J connectivity index is 0.0000000891. The Bertz CT molecular complexity index is 539. The highest BCUT2D eigenvalue weighted by Gasteiger charge is 2.27. The minimum atomic E-state index is 0.921. The molecule has 0 N–H and O–H groups in total. The van der Waals surface area contributed by atoms with Gasteiger partial charge < -0.3 is 0 Å². The molecular formula is C23H32. The normalized spacial score (nSPS) is 36.3. The number of fused-ring (bicyclic) bond motifs is 6. The summed E-state index contributed by atoms with van der Waals surface area (Å²) < 4.78 is 0. The van der Waals surface area contributed by atoms with E-state index >= 15 is 0 Å². The van der Waals surface area contributed by atoms with Gasteiger partial charge in [-0.1, -0.05) is 41.0 Å². The van der Waals surface area contributed by atoms with Crippen LogP contribution in [0.1, 0.15) is 77.6 Å². The average Bonchev–Trinajstić information content (AvgIpc) is 3.44. The van der Waals surface area contributed by atoms with Crippen molar-refractivity contribution in [1.82, 2.24) is 0 Å². The van der Waals surface area contributed by atoms with E-state index in [1.807, 2.05) is 0 Å². The standard InChI is InChI=1S/C9H12.2C7H10/c1-2-8-5-7-3-4-9(8)6-7;2*1-2-7-4-3-6(1)5-7/h2,5,9H,3-4,6H2,1H3;2*1,7H,2-5H2/b8-2+;;. The van der Waals surface area contributed by atoms with Crippen LogP contribution in [0.25, 0.3) is 0 Å². The lowest BCUT2D eigenvalue weighted by molar-refractivity contribution is 0.576. The Hall–Kier alpha value is -1.04. The van der Waals surface area contributed by atoms with Gasteiger partial charge in [0, 0.05) is 0 Å². The maximum atomic E-state index is 2.42. The van der Waals surface area contributed by atoms with E-state index in [1.165, 1.54) is 70.6 Å². The van der Waals surface area contributed by atoms with Crippen LogP contribution >= 0.6 is 0 Å². The molecule has 0 aromatic carbocycles. The summed E-state index contributed by atoms with van der Waals surface area (Å²) in [6, 6.07) is 0. The topological polar surface area (TPSA) is 0 Å². The summed E-state index contributed by atoms with van der Waals surface area (Å²) in [7, 11) is 0. The summed E-state index contributed by atoms with van der Waals surface area (Å²) in [5.74, 6) is 3.08. The molecule has 3 fully saturated rings. The summed E-state index contributed by atoms with van der Waals surface area (Å²) in [6.07, 6.45) is 25.2. The largest absolute Gasteiger partial charge is 0.0850 e. The van der Waals surface area contributed by atoms with Crippen LogP contribution in [0, 0.1) is 17.8 Å². The number of rotatable bonds is 0. The Morgan fingerprint density at radius 1 is 0.783 bits per heavy atom. The second-order valence-corrected chi connectivity index (χ2v) is 8.44. The van der Waals surface area contributed by atoms with Gasteiger partial charge >= 0.3 is 0 Å². The molecule has 0 amide bonds. The van der Waals surface area contributed by atoms with Gasteiger partial charge in [-0.25, -0.2) is 0 Å². The third-order valence-electron chi connectivity index (χ3n) is 6.83. The highest BCUT2D eigenvalue weighted by molar-refractivity contribution is 5.37. The second kappa shape index (κ2) is 6.83. The summed E-state index contributed by atoms with van der Waals surface area (Å²) in [4.78, 5) is 0. The van der Waals surface area contributed by atoms with Crippen LogP contribution in [-0.2, 0) is 0 Å². The van der Waals surface area contributed by atoms with Gasteiger partial charge in [0.2, 0.25) is 0 Å². The predicted octanol–water partition coefficient (Wildman–Crippen LogP) is 6.91. The molecule has 6 aliphatic carbocycles. The molecule has 0 heteroatoms. The summed E-state index contributed by atoms with van der Waals surface area (Å²) in [6.45, 7) is 2.15. The molecule has 0 radical (unpaired) electrons. The van der Waals surface area contributed by atoms with Crippen molar-refractivity contribution in [3.8, 4) is 0 Å². The molecule has 23 heavy (non-hydrogen) atoms. The van der Waals surface area contributed by atoms with Gasteiger partial charge in [-0.15, -0.1) is 0 Å². The zero-order valence-corrected chi connectivity index (χ0v) is 14.8. The van der Waals surface area contributed by atoms with Crippen LogP contribution in [0.3, 0.4) is 0 Å². The van der Waals surface area contributed by atoms with Gasteiger partial charge in [0.1, 0.15) is 0 Å². The monoisotopic (exact) mass is 308 g/mol. The third kappa shape index (κ3) is 3.57. The van der Waals surface area contributed by atoms with E-state index in [-0.39, 0.29) is 0 Å². The van der Waals surface area contributed by atoms with Crippen molar-refractivity contribution in [2.24, 2.45) is 17.8 Å². The molecule has 6 bridgehead atoms. The molecule has 0 spiro atoms. The molecule has 3 unspecified atom stereocenters. The van der Waals surface area contributed by atoms with Crippen molar-refractivity contribution in [3.05, 3.63) is 46.6 Å². The van der Waals surface area contributed by atoms with Crippen molar-refractivity contribution in [3.63, 3.8) is 0 Å². The molecule has 0 heterocycles. The predicted molar refractivity (Wildman–Crippen MR) is 99.3 cm³/mol. The lowest BCUT2D eigenvalue weighted by Crippen LogP contribution is -1.92. The fourth-order valence-electron chi connectivity index (χ4n) is 5.34. The van der Waals surface area contributed by atoms with Crippen molar-refractivity contribution in [2.75, 3.05) is 0 Å². The minimum Gasteiger partial charge on any atom is -0.0850 e. The second-order valence-electron chi connectivity index (χ2n) is 8.44. The van der Waals surface area contributed by atoms with Crippen LogP contribution < -0.4 is 0 Å². The first kappa shape index (κ1) is 15.5. The van der Waals surface area contributed by atoms with Crippen LogP contribution in [-0.4, -0.2) is 0 Å². The van der Waals surface area contributed by atoms with Gasteiger partial charge in [0.15, 0.2) is 0 Å². The maximum absolute atomic E-state index is 2.42. The number of allylic oxidation sites excluding steroid dienone is 8. The molecule has 0 saturated heterocycles. The van der Waals surface area contributed by atoms with E-state index in [9.17, 15) is 0 Å². The Labute approximate surface area is 142 Å². The molecule has 3 atom stereocenters. The molecule has 0 aliphatic heterocycles. The lowest BCUT2D eigenvalue weighted by atomic mass is 9.99. The van der Waals surface area contributed by atoms with Crippen LogP contribution in [0.4, 0.5) is 0 Å². The molecule has 124 valence electrons. The Kier molecular flexibility index (Phi) is 4.60. The quantitative estimate of drug-likeness (QED) is 0.427. The van der Waals surface area contributed by atoms with Crippen molar-refractivity contribution < 1.29 is 0 Å². The van der Waals surface area contributed by atoms with Crippen LogP contribution in [0.2, 0.25) is 0 Å². The first-order valence-corrected chi connectivity index (χ1v) is 10.0. The van der Waals surface area contributed by atoms with E-state index in [0.717, 1.165) is 17.8 Å². The highest BCUT2D eigenvalue weighted by atomic mass is 14.3. The van der Waals surface area contributed by atoms with E-state index in [4.69, 9.17) is 0 Å². The fourth-order valence-corrected chi connectivity index (χ4v) is 5.34. The number of hydrogen-bond donors (Lipinski definition) is 0. The van der Waals surface area contributed by atoms with Crippen molar-refractivity contribution in [2.45, 2.75) is 77.6 Å². The van der Waals surface area contributed by atoms with Gasteiger partial charge in [-0.2, -0.15) is 0 Å². The molecule has 0 nitrogen and oxygen atoms in total. The van der Waals surface area contributed by atoms with Gasteiger partial charge in [0.25, 0.3) is 0 Å². The average molecular weight is 309 g/mol. The van der Waals surface area contributed by atoms with E-state index < -0.39 is 0 Å². The first-order chi connectivity index (χ1) is 11.3. The first-order valence-electron chi connectivity index (χ1n) is 10.0. The maximum Gasteiger partial charge on any atom is -0.0125 e. The molecule has 6 aliphatic rings. The van der Waals surface area contributed by atoms with Gasteiger partial charge in [0.05, 0.1) is 0 Å². The van der Waals surface area contributed by atoms with Crippen LogP contribution in [0.5, 0.6) is 0 Å². The van der Waals surface area contributed by atoms with E-state index in [2.05, 4.69) is 31.2 Å². The number of hydrogen-bond acceptors (Lipinski definition) is 0. The van der Waals surface area contributed by atoms with Gasteiger partial charge in [-0.05, 0) is 101 Å². The summed E-state index contributed by atoms with van der Waals surface area (Å²) in [5, 5.41) is 0. The smallest absolute Gasteiger partial charge is 0.0125 e. The molecular weight excluding hydrogens is 276 g/mol. The fraction of sp³-hybridized carbons (Fsp3) is 0.652.